The van der Waals surface area contributed by atoms with E-state index in [-0.39, 0.29) is 18.1 Å². The molecule has 1 saturated heterocycles. The van der Waals surface area contributed by atoms with Gasteiger partial charge in [0.1, 0.15) is 17.9 Å². The van der Waals surface area contributed by atoms with Crippen molar-refractivity contribution in [3.05, 3.63) is 83.9 Å². The van der Waals surface area contributed by atoms with E-state index in [1.807, 2.05) is 66.1 Å². The quantitative estimate of drug-likeness (QED) is 0.441. The van der Waals surface area contributed by atoms with E-state index in [1.54, 1.807) is 17.0 Å². The van der Waals surface area contributed by atoms with Crippen LogP contribution < -0.4 is 0 Å². The minimum atomic E-state index is -3.51. The number of sulfonamides is 1. The Morgan fingerprint density at radius 3 is 2.24 bits per heavy atom. The molecule has 1 aliphatic heterocycles. The standard InChI is InChI=1S/C28H34N4O4S/c1-21-8-13-26(23-6-4-3-5-7-23)37(34,35)32(21)18-22-9-11-24(12-10-22)28(27(33)36-2)16-14-25(15-17-28)31-19-29-30-20-31/h3-7,9-12,19-21,25-26H,8,13-18H2,1-2H3. The summed E-state index contributed by atoms with van der Waals surface area (Å²) < 4.78 is 36.1. The van der Waals surface area contributed by atoms with E-state index in [0.29, 0.717) is 25.8 Å². The first-order chi connectivity index (χ1) is 17.8. The first-order valence-electron chi connectivity index (χ1n) is 12.9. The number of aromatic nitrogens is 3. The summed E-state index contributed by atoms with van der Waals surface area (Å²) in [4.78, 5) is 13.0. The van der Waals surface area contributed by atoms with Crippen LogP contribution in [0.5, 0.6) is 0 Å². The lowest BCUT2D eigenvalue weighted by Gasteiger charge is -2.39. The summed E-state index contributed by atoms with van der Waals surface area (Å²) in [5.74, 6) is -0.222. The molecule has 2 heterocycles. The molecule has 1 saturated carbocycles. The van der Waals surface area contributed by atoms with E-state index >= 15 is 0 Å². The molecule has 37 heavy (non-hydrogen) atoms. The lowest BCUT2D eigenvalue weighted by molar-refractivity contribution is -0.149. The largest absolute Gasteiger partial charge is 0.468 e. The summed E-state index contributed by atoms with van der Waals surface area (Å²) in [7, 11) is -2.07. The molecule has 0 amide bonds. The van der Waals surface area contributed by atoms with Gasteiger partial charge in [-0.15, -0.1) is 10.2 Å². The summed E-state index contributed by atoms with van der Waals surface area (Å²) in [5.41, 5.74) is 1.96. The molecule has 9 heteroatoms. The molecular formula is C28H34N4O4S. The van der Waals surface area contributed by atoms with Crippen molar-refractivity contribution in [1.82, 2.24) is 19.1 Å². The Morgan fingerprint density at radius 2 is 1.62 bits per heavy atom. The smallest absolute Gasteiger partial charge is 0.316 e. The highest BCUT2D eigenvalue weighted by Gasteiger charge is 2.45. The van der Waals surface area contributed by atoms with Crippen LogP contribution in [0, 0.1) is 0 Å². The molecule has 2 unspecified atom stereocenters. The van der Waals surface area contributed by atoms with Gasteiger partial charge in [-0.25, -0.2) is 8.42 Å². The van der Waals surface area contributed by atoms with Crippen molar-refractivity contribution in [2.45, 2.75) is 74.7 Å². The van der Waals surface area contributed by atoms with Crippen molar-refractivity contribution in [2.24, 2.45) is 0 Å². The summed E-state index contributed by atoms with van der Waals surface area (Å²) in [6, 6.07) is 17.5. The maximum atomic E-state index is 13.6. The zero-order valence-electron chi connectivity index (χ0n) is 21.4. The fraction of sp³-hybridized carbons (Fsp3) is 0.464. The van der Waals surface area contributed by atoms with Gasteiger partial charge in [-0.2, -0.15) is 4.31 Å². The van der Waals surface area contributed by atoms with Gasteiger partial charge in [0.25, 0.3) is 0 Å². The zero-order valence-corrected chi connectivity index (χ0v) is 22.2. The van der Waals surface area contributed by atoms with Gasteiger partial charge >= 0.3 is 5.97 Å². The van der Waals surface area contributed by atoms with E-state index in [4.69, 9.17) is 4.74 Å². The predicted molar refractivity (Wildman–Crippen MR) is 140 cm³/mol. The molecule has 0 spiro atoms. The van der Waals surface area contributed by atoms with Crippen molar-refractivity contribution in [3.63, 3.8) is 0 Å². The Morgan fingerprint density at radius 1 is 0.973 bits per heavy atom. The molecule has 2 aliphatic rings. The number of benzene rings is 2. The Balaban J connectivity index is 1.35. The monoisotopic (exact) mass is 522 g/mol. The van der Waals surface area contributed by atoms with Gasteiger partial charge < -0.3 is 9.30 Å². The molecule has 1 aromatic heterocycles. The predicted octanol–water partition coefficient (Wildman–Crippen LogP) is 4.56. The highest BCUT2D eigenvalue weighted by molar-refractivity contribution is 7.89. The van der Waals surface area contributed by atoms with Gasteiger partial charge in [0.05, 0.1) is 12.5 Å². The number of hydrogen-bond acceptors (Lipinski definition) is 6. The molecule has 5 rings (SSSR count). The van der Waals surface area contributed by atoms with Crippen LogP contribution in [-0.2, 0) is 31.5 Å². The first-order valence-corrected chi connectivity index (χ1v) is 14.4. The maximum absolute atomic E-state index is 13.6. The number of hydrogen-bond donors (Lipinski definition) is 0. The summed E-state index contributed by atoms with van der Waals surface area (Å²) in [6.45, 7) is 2.29. The maximum Gasteiger partial charge on any atom is 0.316 e. The molecule has 3 aromatic rings. The summed E-state index contributed by atoms with van der Waals surface area (Å²) in [5, 5.41) is 7.30. The highest BCUT2D eigenvalue weighted by atomic mass is 32.2. The molecule has 2 aromatic carbocycles. The van der Waals surface area contributed by atoms with Crippen molar-refractivity contribution < 1.29 is 17.9 Å². The van der Waals surface area contributed by atoms with Gasteiger partial charge in [-0.1, -0.05) is 54.6 Å². The summed E-state index contributed by atoms with van der Waals surface area (Å²) >= 11 is 0. The molecule has 0 N–H and O–H groups in total. The molecule has 2 fully saturated rings. The number of carbonyl (C=O) groups is 1. The Hall–Kier alpha value is -3.04. The number of ether oxygens (including phenoxy) is 1. The van der Waals surface area contributed by atoms with Gasteiger partial charge in [0.15, 0.2) is 0 Å². The van der Waals surface area contributed by atoms with Crippen LogP contribution >= 0.6 is 0 Å². The average Bonchev–Trinajstić information content (AvgIpc) is 3.46. The highest BCUT2D eigenvalue weighted by Crippen LogP contribution is 2.44. The lowest BCUT2D eigenvalue weighted by Crippen LogP contribution is -2.44. The fourth-order valence-electron chi connectivity index (χ4n) is 6.06. The van der Waals surface area contributed by atoms with E-state index in [1.165, 1.54) is 7.11 Å². The second-order valence-corrected chi connectivity index (χ2v) is 12.4. The topological polar surface area (TPSA) is 94.4 Å². The molecule has 196 valence electrons. The third kappa shape index (κ3) is 4.82. The number of nitrogens with zero attached hydrogens (tertiary/aromatic N) is 4. The van der Waals surface area contributed by atoms with Crippen molar-refractivity contribution in [3.8, 4) is 0 Å². The van der Waals surface area contributed by atoms with E-state index in [2.05, 4.69) is 10.2 Å². The van der Waals surface area contributed by atoms with Crippen molar-refractivity contribution in [1.29, 1.82) is 0 Å². The van der Waals surface area contributed by atoms with Gasteiger partial charge in [-0.05, 0) is 62.1 Å². The lowest BCUT2D eigenvalue weighted by atomic mass is 9.68. The Bertz CT molecular complexity index is 1300. The van der Waals surface area contributed by atoms with E-state index < -0.39 is 20.7 Å². The van der Waals surface area contributed by atoms with E-state index in [0.717, 1.165) is 36.0 Å². The Labute approximate surface area is 218 Å². The molecular weight excluding hydrogens is 488 g/mol. The minimum absolute atomic E-state index is 0.0704. The first kappa shape index (κ1) is 25.6. The normalized spacial score (nSPS) is 28.0. The number of methoxy groups -OCH3 is 1. The van der Waals surface area contributed by atoms with Crippen molar-refractivity contribution in [2.75, 3.05) is 7.11 Å². The molecule has 2 atom stereocenters. The molecule has 0 radical (unpaired) electrons. The summed E-state index contributed by atoms with van der Waals surface area (Å²) in [6.07, 6.45) is 7.86. The van der Waals surface area contributed by atoms with Crippen LogP contribution in [0.4, 0.5) is 0 Å². The van der Waals surface area contributed by atoms with Crippen LogP contribution in [0.25, 0.3) is 0 Å². The number of esters is 1. The van der Waals surface area contributed by atoms with Crippen molar-refractivity contribution >= 4 is 16.0 Å². The van der Waals surface area contributed by atoms with Crippen LogP contribution in [0.1, 0.15) is 73.4 Å². The SMILES string of the molecule is COC(=O)C1(c2ccc(CN3C(C)CCC(c4ccccc4)S3(=O)=O)cc2)CCC(n2cnnc2)CC1. The second-order valence-electron chi connectivity index (χ2n) is 10.3. The van der Waals surface area contributed by atoms with Gasteiger partial charge in [0.2, 0.25) is 10.0 Å². The minimum Gasteiger partial charge on any atom is -0.468 e. The van der Waals surface area contributed by atoms with Gasteiger partial charge in [-0.3, -0.25) is 4.79 Å². The molecule has 1 aliphatic carbocycles. The third-order valence-electron chi connectivity index (χ3n) is 8.28. The van der Waals surface area contributed by atoms with Gasteiger partial charge in [0, 0.05) is 18.6 Å². The van der Waals surface area contributed by atoms with Crippen LogP contribution in [0.2, 0.25) is 0 Å². The van der Waals surface area contributed by atoms with E-state index in [9.17, 15) is 13.2 Å². The van der Waals surface area contributed by atoms with Crippen LogP contribution in [-0.4, -0.2) is 46.6 Å². The Kier molecular flexibility index (Phi) is 7.18. The average molecular weight is 523 g/mol. The number of rotatable bonds is 6. The zero-order chi connectivity index (χ0) is 26.0. The second kappa shape index (κ2) is 10.4. The molecule has 0 bridgehead atoms. The molecule has 8 nitrogen and oxygen atoms in total. The van der Waals surface area contributed by atoms with Crippen LogP contribution in [0.3, 0.4) is 0 Å². The number of carbonyl (C=O) groups excluding carboxylic acids is 1. The third-order valence-corrected chi connectivity index (χ3v) is 10.7. The fourth-order valence-corrected chi connectivity index (χ4v) is 8.26. The van der Waals surface area contributed by atoms with Crippen LogP contribution in [0.15, 0.2) is 67.3 Å².